The molecule has 2 saturated carbocycles. The minimum atomic E-state index is -4.55. The third-order valence-corrected chi connectivity index (χ3v) is 10.4. The second kappa shape index (κ2) is 14.6. The lowest BCUT2D eigenvalue weighted by molar-refractivity contribution is -0.203. The zero-order chi connectivity index (χ0) is 33.0. The quantitative estimate of drug-likeness (QED) is 0.220. The summed E-state index contributed by atoms with van der Waals surface area (Å²) in [6.45, 7) is 3.80. The number of ether oxygens (including phenoxy) is 3. The first-order valence-electron chi connectivity index (χ1n) is 15.6. The summed E-state index contributed by atoms with van der Waals surface area (Å²) in [6, 6.07) is -1.10. The molecular weight excluding hydrogens is 617 g/mol. The number of hydrogen-bond donors (Lipinski definition) is 3. The predicted molar refractivity (Wildman–Crippen MR) is 157 cm³/mol. The van der Waals surface area contributed by atoms with Crippen molar-refractivity contribution in [1.29, 1.82) is 0 Å². The van der Waals surface area contributed by atoms with E-state index in [9.17, 15) is 24.1 Å². The second-order valence-electron chi connectivity index (χ2n) is 12.5. The summed E-state index contributed by atoms with van der Waals surface area (Å²) >= 11 is 0. The van der Waals surface area contributed by atoms with Crippen molar-refractivity contribution in [2.45, 2.75) is 140 Å². The summed E-state index contributed by atoms with van der Waals surface area (Å²) in [4.78, 5) is 41.9. The van der Waals surface area contributed by atoms with Gasteiger partial charge < -0.3 is 19.3 Å². The number of alkyl halides is 2. The fourth-order valence-electron chi connectivity index (χ4n) is 5.84. The summed E-state index contributed by atoms with van der Waals surface area (Å²) < 4.78 is 68.5. The minimum Gasteiger partial charge on any atom is -0.461 e. The average molecular weight is 663 g/mol. The highest BCUT2D eigenvalue weighted by atomic mass is 31.2. The van der Waals surface area contributed by atoms with Crippen LogP contribution < -0.4 is 15.9 Å². The Bertz CT molecular complexity index is 1260. The number of aromatic nitrogens is 2. The molecule has 1 aromatic heterocycles. The smallest absolute Gasteiger partial charge is 0.349 e. The fourth-order valence-corrected chi connectivity index (χ4v) is 7.66. The second-order valence-corrected chi connectivity index (χ2v) is 14.4. The topological polar surface area (TPSA) is 167 Å². The van der Waals surface area contributed by atoms with Gasteiger partial charge in [0.1, 0.15) is 30.9 Å². The molecule has 2 aliphatic carbocycles. The number of aryl methyl sites for hydroxylation is 1. The number of nitrogens with one attached hydrogen (secondary N) is 2. The van der Waals surface area contributed by atoms with E-state index in [0.29, 0.717) is 35.9 Å². The molecule has 0 spiro atoms. The highest BCUT2D eigenvalue weighted by molar-refractivity contribution is 7.54. The van der Waals surface area contributed by atoms with E-state index in [2.05, 4.69) is 15.2 Å². The minimum absolute atomic E-state index is 0.303. The Morgan fingerprint density at radius 3 is 2.00 bits per heavy atom. The van der Waals surface area contributed by atoms with Crippen LogP contribution in [0.4, 0.5) is 8.78 Å². The lowest BCUT2D eigenvalue weighted by Crippen LogP contribution is -2.48. The zero-order valence-corrected chi connectivity index (χ0v) is 27.1. The number of halogens is 2. The Labute approximate surface area is 261 Å². The van der Waals surface area contributed by atoms with E-state index < -0.39 is 67.8 Å². The number of carbonyl (C=O) groups is 2. The Kier molecular flexibility index (Phi) is 11.6. The van der Waals surface area contributed by atoms with Crippen LogP contribution in [0.3, 0.4) is 0 Å². The van der Waals surface area contributed by atoms with Gasteiger partial charge in [0.05, 0.1) is 0 Å². The first-order valence-corrected chi connectivity index (χ1v) is 17.3. The summed E-state index contributed by atoms with van der Waals surface area (Å²) in [5.41, 5.74) is -3.46. The lowest BCUT2D eigenvalue weighted by Gasteiger charge is -2.31. The van der Waals surface area contributed by atoms with Crippen LogP contribution >= 0.6 is 7.67 Å². The predicted octanol–water partition coefficient (Wildman–Crippen LogP) is 3.67. The molecule has 4 rings (SSSR count). The van der Waals surface area contributed by atoms with E-state index >= 15 is 8.78 Å². The van der Waals surface area contributed by atoms with Crippen LogP contribution in [0, 0.1) is 6.92 Å². The SMILES string of the molecule is Cc1ccn([C@@H]2O[C@](F)(COP(=O)(N[C@@H](C)C(=O)OC3CCCCC3)N[C@@H](C)C(=O)OC3CCCCC3)[C@@H](O)[C@@]2(C)F)c(=O)n1. The van der Waals surface area contributed by atoms with E-state index in [0.717, 1.165) is 51.6 Å². The molecule has 45 heavy (non-hydrogen) atoms. The number of rotatable bonds is 12. The van der Waals surface area contributed by atoms with Crippen LogP contribution in [0.2, 0.25) is 0 Å². The Morgan fingerprint density at radius 1 is 1.04 bits per heavy atom. The van der Waals surface area contributed by atoms with Crippen molar-refractivity contribution in [3.8, 4) is 0 Å². The Morgan fingerprint density at radius 2 is 1.53 bits per heavy atom. The van der Waals surface area contributed by atoms with Crippen molar-refractivity contribution >= 4 is 19.6 Å². The highest BCUT2D eigenvalue weighted by Crippen LogP contribution is 2.50. The molecule has 2 heterocycles. The molecule has 0 bridgehead atoms. The highest BCUT2D eigenvalue weighted by Gasteiger charge is 2.65. The van der Waals surface area contributed by atoms with E-state index in [1.54, 1.807) is 0 Å². The number of nitrogens with zero attached hydrogens (tertiary/aromatic N) is 2. The normalized spacial score (nSPS) is 29.7. The van der Waals surface area contributed by atoms with Crippen molar-refractivity contribution in [1.82, 2.24) is 19.7 Å². The van der Waals surface area contributed by atoms with Crippen molar-refractivity contribution < 1.29 is 46.8 Å². The van der Waals surface area contributed by atoms with Gasteiger partial charge in [-0.1, -0.05) is 12.8 Å². The first kappa shape index (κ1) is 35.6. The lowest BCUT2D eigenvalue weighted by atomic mass is 9.97. The van der Waals surface area contributed by atoms with Gasteiger partial charge in [-0.2, -0.15) is 4.98 Å². The molecule has 0 unspecified atom stereocenters. The molecule has 1 aromatic rings. The van der Waals surface area contributed by atoms with Gasteiger partial charge in [-0.15, -0.1) is 0 Å². The fraction of sp³-hybridized carbons (Fsp3) is 0.793. The summed E-state index contributed by atoms with van der Waals surface area (Å²) in [5.74, 6) is -4.78. The first-order chi connectivity index (χ1) is 21.1. The van der Waals surface area contributed by atoms with Crippen molar-refractivity contribution in [2.75, 3.05) is 6.61 Å². The molecule has 0 radical (unpaired) electrons. The third kappa shape index (κ3) is 8.75. The van der Waals surface area contributed by atoms with Crippen LogP contribution in [0.15, 0.2) is 17.1 Å². The van der Waals surface area contributed by atoms with E-state index in [-0.39, 0.29) is 12.2 Å². The van der Waals surface area contributed by atoms with Gasteiger partial charge in [0.25, 0.3) is 5.85 Å². The maximum atomic E-state index is 16.2. The maximum Gasteiger partial charge on any atom is 0.349 e. The molecule has 3 aliphatic rings. The van der Waals surface area contributed by atoms with Gasteiger partial charge in [-0.05, 0) is 85.1 Å². The molecular formula is C29H45F2N4O9P. The number of aliphatic hydroxyl groups excluding tert-OH is 1. The zero-order valence-electron chi connectivity index (χ0n) is 26.2. The van der Waals surface area contributed by atoms with Gasteiger partial charge in [-0.25, -0.2) is 23.7 Å². The maximum absolute atomic E-state index is 16.2. The number of carbonyl (C=O) groups excluding carboxylic acids is 2. The van der Waals surface area contributed by atoms with Crippen LogP contribution in [-0.4, -0.2) is 75.1 Å². The van der Waals surface area contributed by atoms with Gasteiger partial charge in [0.15, 0.2) is 18.0 Å². The summed E-state index contributed by atoms with van der Waals surface area (Å²) in [6.07, 6.45) is 4.57. The molecule has 0 amide bonds. The molecule has 16 heteroatoms. The van der Waals surface area contributed by atoms with Crippen molar-refractivity contribution in [3.05, 3.63) is 28.4 Å². The van der Waals surface area contributed by atoms with E-state index in [1.807, 2.05) is 0 Å². The van der Waals surface area contributed by atoms with Gasteiger partial charge in [0.2, 0.25) is 0 Å². The van der Waals surface area contributed by atoms with Crippen LogP contribution in [-0.2, 0) is 32.9 Å². The molecule has 1 aliphatic heterocycles. The number of esters is 2. The van der Waals surface area contributed by atoms with Gasteiger partial charge in [-0.3, -0.25) is 23.2 Å². The average Bonchev–Trinajstić information content (AvgIpc) is 3.17. The van der Waals surface area contributed by atoms with Gasteiger partial charge >= 0.3 is 25.3 Å². The molecule has 3 N–H and O–H groups in total. The van der Waals surface area contributed by atoms with Crippen molar-refractivity contribution in [3.63, 3.8) is 0 Å². The Hall–Kier alpha value is -2.29. The molecule has 6 atom stereocenters. The molecule has 0 aromatic carbocycles. The van der Waals surface area contributed by atoms with E-state index in [1.165, 1.54) is 26.8 Å². The van der Waals surface area contributed by atoms with Crippen LogP contribution in [0.25, 0.3) is 0 Å². The Balaban J connectivity index is 1.50. The van der Waals surface area contributed by atoms with Crippen LogP contribution in [0.5, 0.6) is 0 Å². The molecule has 1 saturated heterocycles. The van der Waals surface area contributed by atoms with Crippen LogP contribution in [0.1, 0.15) is 96.9 Å². The summed E-state index contributed by atoms with van der Waals surface area (Å²) in [7, 11) is -4.55. The standard InChI is InChI=1S/C29H45F2N4O9P/c1-18-15-16-35(27(39)32-18)26-28(4,30)25(38)29(31,44-26)17-41-45(40,33-19(2)23(36)42-21-11-7-5-8-12-21)34-20(3)24(37)43-22-13-9-6-10-14-22/h15-16,19-22,25-26,38H,5-14,17H2,1-4H3,(H2,33,34,40)/t19-,20-,25-,26+,28+,29+/m0/s1. The van der Waals surface area contributed by atoms with Gasteiger partial charge in [0, 0.05) is 11.9 Å². The molecule has 3 fully saturated rings. The molecule has 254 valence electrons. The van der Waals surface area contributed by atoms with E-state index in [4.69, 9.17) is 18.7 Å². The molecule has 13 nitrogen and oxygen atoms in total. The van der Waals surface area contributed by atoms with Crippen molar-refractivity contribution in [2.24, 2.45) is 0 Å². The number of hydrogen-bond acceptors (Lipinski definition) is 10. The third-order valence-electron chi connectivity index (χ3n) is 8.50. The monoisotopic (exact) mass is 662 g/mol. The largest absolute Gasteiger partial charge is 0.461 e. The summed E-state index contributed by atoms with van der Waals surface area (Å²) in [5, 5.41) is 15.7. The number of aliphatic hydroxyl groups is 1.